The van der Waals surface area contributed by atoms with Crippen LogP contribution < -0.4 is 0 Å². The summed E-state index contributed by atoms with van der Waals surface area (Å²) in [7, 11) is 0. The topological polar surface area (TPSA) is 50.2 Å². The van der Waals surface area contributed by atoms with E-state index in [1.54, 1.807) is 30.6 Å². The minimum Gasteiger partial charge on any atom is -0.508 e. The quantitative estimate of drug-likeness (QED) is 0.832. The van der Waals surface area contributed by atoms with Crippen LogP contribution in [-0.2, 0) is 6.42 Å². The zero-order valence-electron chi connectivity index (χ0n) is 9.84. The van der Waals surface area contributed by atoms with Crippen LogP contribution in [0.3, 0.4) is 0 Å². The number of fused-ring (bicyclic) bond motifs is 1. The minimum absolute atomic E-state index is 0.101. The number of aromatic nitrogens is 1. The van der Waals surface area contributed by atoms with E-state index >= 15 is 0 Å². The number of aryl methyl sites for hydroxylation is 1. The van der Waals surface area contributed by atoms with Crippen molar-refractivity contribution in [3.63, 3.8) is 0 Å². The standard InChI is InChI=1S/C15H13NO2/c17-12-4-6-13-10(8-12)3-5-14(15(13)18)11-2-1-7-16-9-11/h1-2,4,6-9,14,17H,3,5H2/t14-/m1/s1. The Hall–Kier alpha value is -2.16. The molecule has 18 heavy (non-hydrogen) atoms. The summed E-state index contributed by atoms with van der Waals surface area (Å²) in [4.78, 5) is 16.5. The van der Waals surface area contributed by atoms with Crippen molar-refractivity contribution in [2.45, 2.75) is 18.8 Å². The predicted octanol–water partition coefficient (Wildman–Crippen LogP) is 2.70. The van der Waals surface area contributed by atoms with Crippen LogP contribution in [0.25, 0.3) is 0 Å². The van der Waals surface area contributed by atoms with Gasteiger partial charge in [-0.2, -0.15) is 0 Å². The predicted molar refractivity (Wildman–Crippen MR) is 67.7 cm³/mol. The molecule has 1 heterocycles. The van der Waals surface area contributed by atoms with Crippen LogP contribution in [0, 0.1) is 0 Å². The number of hydrogen-bond donors (Lipinski definition) is 1. The third kappa shape index (κ3) is 1.78. The number of aromatic hydroxyl groups is 1. The molecule has 1 atom stereocenters. The largest absolute Gasteiger partial charge is 0.508 e. The molecule has 1 aliphatic rings. The lowest BCUT2D eigenvalue weighted by Gasteiger charge is -2.23. The van der Waals surface area contributed by atoms with Crippen molar-refractivity contribution in [1.29, 1.82) is 0 Å². The molecule has 0 saturated heterocycles. The molecule has 1 aliphatic carbocycles. The molecule has 0 bridgehead atoms. The summed E-state index contributed by atoms with van der Waals surface area (Å²) in [6.07, 6.45) is 5.06. The third-order valence-corrected chi connectivity index (χ3v) is 3.46. The average Bonchev–Trinajstić information content (AvgIpc) is 2.40. The molecule has 1 aromatic carbocycles. The molecule has 3 nitrogen and oxygen atoms in total. The molecule has 0 aliphatic heterocycles. The van der Waals surface area contributed by atoms with Gasteiger partial charge in [0.05, 0.1) is 0 Å². The van der Waals surface area contributed by atoms with Gasteiger partial charge in [0.25, 0.3) is 0 Å². The number of Topliss-reactive ketones (excluding diaryl/α,β-unsaturated/α-hetero) is 1. The van der Waals surface area contributed by atoms with Crippen LogP contribution >= 0.6 is 0 Å². The fourth-order valence-corrected chi connectivity index (χ4v) is 2.55. The van der Waals surface area contributed by atoms with Crippen LogP contribution in [-0.4, -0.2) is 15.9 Å². The Bertz CT molecular complexity index is 593. The summed E-state index contributed by atoms with van der Waals surface area (Å²) in [6.45, 7) is 0. The van der Waals surface area contributed by atoms with Crippen molar-refractivity contribution in [1.82, 2.24) is 4.98 Å². The molecule has 1 N–H and O–H groups in total. The van der Waals surface area contributed by atoms with E-state index < -0.39 is 0 Å². The number of nitrogens with zero attached hydrogens (tertiary/aromatic N) is 1. The van der Waals surface area contributed by atoms with E-state index in [2.05, 4.69) is 4.98 Å². The first kappa shape index (κ1) is 11.0. The van der Waals surface area contributed by atoms with E-state index in [0.29, 0.717) is 0 Å². The Kier molecular flexibility index (Phi) is 2.59. The van der Waals surface area contributed by atoms with Crippen molar-refractivity contribution in [3.8, 4) is 5.75 Å². The number of phenolic OH excluding ortho intramolecular Hbond substituents is 1. The number of benzene rings is 1. The molecule has 3 heteroatoms. The summed E-state index contributed by atoms with van der Waals surface area (Å²) >= 11 is 0. The molecule has 3 rings (SSSR count). The van der Waals surface area contributed by atoms with Gasteiger partial charge in [-0.3, -0.25) is 9.78 Å². The molecule has 0 unspecified atom stereocenters. The molecular formula is C15H13NO2. The fraction of sp³-hybridized carbons (Fsp3) is 0.200. The average molecular weight is 239 g/mol. The first-order chi connectivity index (χ1) is 8.75. The Morgan fingerprint density at radius 1 is 1.28 bits per heavy atom. The maximum Gasteiger partial charge on any atom is 0.170 e. The molecule has 0 radical (unpaired) electrons. The van der Waals surface area contributed by atoms with E-state index in [-0.39, 0.29) is 17.5 Å². The van der Waals surface area contributed by atoms with E-state index in [9.17, 15) is 9.90 Å². The highest BCUT2D eigenvalue weighted by atomic mass is 16.3. The highest BCUT2D eigenvalue weighted by Gasteiger charge is 2.28. The normalized spacial score (nSPS) is 18.4. The summed E-state index contributed by atoms with van der Waals surface area (Å²) in [5, 5.41) is 9.44. The van der Waals surface area contributed by atoms with Crippen LogP contribution in [0.15, 0.2) is 42.7 Å². The Balaban J connectivity index is 2.00. The van der Waals surface area contributed by atoms with Gasteiger partial charge in [0.15, 0.2) is 5.78 Å². The zero-order chi connectivity index (χ0) is 12.5. The summed E-state index contributed by atoms with van der Waals surface area (Å²) < 4.78 is 0. The van der Waals surface area contributed by atoms with Crippen molar-refractivity contribution < 1.29 is 9.90 Å². The van der Waals surface area contributed by atoms with Gasteiger partial charge in [0, 0.05) is 23.9 Å². The first-order valence-electron chi connectivity index (χ1n) is 6.02. The van der Waals surface area contributed by atoms with Crippen LogP contribution in [0.2, 0.25) is 0 Å². The van der Waals surface area contributed by atoms with Crippen LogP contribution in [0.5, 0.6) is 5.75 Å². The summed E-state index contributed by atoms with van der Waals surface area (Å²) in [6, 6.07) is 8.78. The van der Waals surface area contributed by atoms with Gasteiger partial charge in [-0.25, -0.2) is 0 Å². The van der Waals surface area contributed by atoms with Crippen LogP contribution in [0.1, 0.15) is 33.8 Å². The fourth-order valence-electron chi connectivity index (χ4n) is 2.55. The molecule has 0 spiro atoms. The van der Waals surface area contributed by atoms with E-state index in [1.165, 1.54) is 0 Å². The number of ketones is 1. The lowest BCUT2D eigenvalue weighted by atomic mass is 9.79. The van der Waals surface area contributed by atoms with E-state index in [4.69, 9.17) is 0 Å². The molecule has 0 saturated carbocycles. The summed E-state index contributed by atoms with van der Waals surface area (Å²) in [5.41, 5.74) is 2.65. The van der Waals surface area contributed by atoms with Crippen molar-refractivity contribution in [2.24, 2.45) is 0 Å². The van der Waals surface area contributed by atoms with Crippen molar-refractivity contribution in [2.75, 3.05) is 0 Å². The van der Waals surface area contributed by atoms with Gasteiger partial charge < -0.3 is 5.11 Å². The van der Waals surface area contributed by atoms with Gasteiger partial charge in [0.2, 0.25) is 0 Å². The van der Waals surface area contributed by atoms with Crippen molar-refractivity contribution in [3.05, 3.63) is 59.4 Å². The molecule has 2 aromatic rings. The zero-order valence-corrected chi connectivity index (χ0v) is 9.84. The first-order valence-corrected chi connectivity index (χ1v) is 6.02. The molecular weight excluding hydrogens is 226 g/mol. The molecule has 0 amide bonds. The Morgan fingerprint density at radius 3 is 2.94 bits per heavy atom. The van der Waals surface area contributed by atoms with Gasteiger partial charge in [-0.15, -0.1) is 0 Å². The van der Waals surface area contributed by atoms with Gasteiger partial charge in [-0.1, -0.05) is 6.07 Å². The van der Waals surface area contributed by atoms with E-state index in [0.717, 1.165) is 29.5 Å². The second kappa shape index (κ2) is 4.26. The highest BCUT2D eigenvalue weighted by molar-refractivity contribution is 6.03. The summed E-state index contributed by atoms with van der Waals surface area (Å²) in [5.74, 6) is 0.251. The molecule has 0 fully saturated rings. The minimum atomic E-state index is -0.101. The monoisotopic (exact) mass is 239 g/mol. The van der Waals surface area contributed by atoms with Crippen molar-refractivity contribution >= 4 is 5.78 Å². The highest BCUT2D eigenvalue weighted by Crippen LogP contribution is 2.33. The number of carbonyl (C=O) groups excluding carboxylic acids is 1. The lowest BCUT2D eigenvalue weighted by Crippen LogP contribution is -2.20. The smallest absolute Gasteiger partial charge is 0.170 e. The second-order valence-corrected chi connectivity index (χ2v) is 4.58. The number of hydrogen-bond acceptors (Lipinski definition) is 3. The number of carbonyl (C=O) groups is 1. The maximum absolute atomic E-state index is 12.4. The Morgan fingerprint density at radius 2 is 2.17 bits per heavy atom. The van der Waals surface area contributed by atoms with Gasteiger partial charge >= 0.3 is 0 Å². The Labute approximate surface area is 105 Å². The molecule has 90 valence electrons. The van der Waals surface area contributed by atoms with Gasteiger partial charge in [-0.05, 0) is 48.2 Å². The number of pyridine rings is 1. The van der Waals surface area contributed by atoms with Crippen LogP contribution in [0.4, 0.5) is 0 Å². The molecule has 1 aromatic heterocycles. The number of rotatable bonds is 1. The third-order valence-electron chi connectivity index (χ3n) is 3.46. The lowest BCUT2D eigenvalue weighted by molar-refractivity contribution is 0.0946. The van der Waals surface area contributed by atoms with E-state index in [1.807, 2.05) is 12.1 Å². The second-order valence-electron chi connectivity index (χ2n) is 4.58. The van der Waals surface area contributed by atoms with Gasteiger partial charge in [0.1, 0.15) is 5.75 Å². The maximum atomic E-state index is 12.4. The number of phenols is 1. The SMILES string of the molecule is O=C1c2ccc(O)cc2CC[C@@H]1c1cccnc1.